The molecule has 0 atom stereocenters. The highest BCUT2D eigenvalue weighted by Gasteiger charge is 2.46. The predicted octanol–water partition coefficient (Wildman–Crippen LogP) is 3.51. The second kappa shape index (κ2) is 7.19. The number of hydrogen-bond acceptors (Lipinski definition) is 4. The van der Waals surface area contributed by atoms with Gasteiger partial charge in [-0.15, -0.1) is 0 Å². The molecule has 1 aromatic heterocycles. The highest BCUT2D eigenvalue weighted by molar-refractivity contribution is 5.86. The Balaban J connectivity index is 1.43. The molecule has 0 radical (unpaired) electrons. The highest BCUT2D eigenvalue weighted by atomic mass is 19.1. The Morgan fingerprint density at radius 1 is 1.19 bits per heavy atom. The van der Waals surface area contributed by atoms with Crippen LogP contribution < -0.4 is 5.32 Å². The van der Waals surface area contributed by atoms with Crippen LogP contribution in [0.4, 0.5) is 4.39 Å². The summed E-state index contributed by atoms with van der Waals surface area (Å²) in [7, 11) is 0. The summed E-state index contributed by atoms with van der Waals surface area (Å²) in [5.74, 6) is 0.363. The molecule has 0 bridgehead atoms. The third-order valence-electron chi connectivity index (χ3n) is 5.67. The van der Waals surface area contributed by atoms with Gasteiger partial charge in [0.2, 0.25) is 5.91 Å². The van der Waals surface area contributed by atoms with E-state index in [1.54, 1.807) is 18.2 Å². The number of nitrogens with one attached hydrogen (secondary N) is 1. The number of benzene rings is 1. The van der Waals surface area contributed by atoms with Gasteiger partial charge in [0, 0.05) is 11.6 Å². The Kier molecular flexibility index (Phi) is 4.76. The van der Waals surface area contributed by atoms with E-state index in [9.17, 15) is 9.18 Å². The number of halogens is 1. The third-order valence-corrected chi connectivity index (χ3v) is 5.67. The molecule has 5 nitrogen and oxygen atoms in total. The molecule has 0 unspecified atom stereocenters. The van der Waals surface area contributed by atoms with E-state index < -0.39 is 0 Å². The topological polar surface area (TPSA) is 58.4 Å². The number of rotatable bonds is 5. The van der Waals surface area contributed by atoms with E-state index in [4.69, 9.17) is 4.52 Å². The molecule has 6 heteroatoms. The fourth-order valence-electron chi connectivity index (χ4n) is 4.30. The maximum atomic E-state index is 13.4. The number of amides is 1. The lowest BCUT2D eigenvalue weighted by Gasteiger charge is -2.37. The molecular weight excluding hydrogens is 333 g/mol. The number of carbonyl (C=O) groups is 1. The van der Waals surface area contributed by atoms with Gasteiger partial charge in [0.25, 0.3) is 0 Å². The minimum Gasteiger partial charge on any atom is -0.359 e. The number of carbonyl (C=O) groups excluding carboxylic acids is 1. The molecule has 2 aliphatic rings. The zero-order valence-corrected chi connectivity index (χ0v) is 14.8. The standard InChI is InChI=1S/C20H24FN3O2/c21-16-7-5-6-15(12-16)18-13-17(26-23-18)14-22-19(25)20(8-1-2-9-20)24-10-3-4-11-24/h5-7,12-13H,1-4,8-11,14H2,(H,22,25). The van der Waals surface area contributed by atoms with Gasteiger partial charge in [0.1, 0.15) is 17.1 Å². The van der Waals surface area contributed by atoms with Gasteiger partial charge in [-0.3, -0.25) is 9.69 Å². The molecule has 2 aromatic rings. The Bertz CT molecular complexity index is 777. The van der Waals surface area contributed by atoms with Crippen molar-refractivity contribution in [3.8, 4) is 11.3 Å². The zero-order valence-electron chi connectivity index (χ0n) is 14.8. The summed E-state index contributed by atoms with van der Waals surface area (Å²) in [5.41, 5.74) is 0.890. The molecule has 1 N–H and O–H groups in total. The molecule has 1 saturated heterocycles. The highest BCUT2D eigenvalue weighted by Crippen LogP contribution is 2.37. The van der Waals surface area contributed by atoms with Crippen LogP contribution in [0.2, 0.25) is 0 Å². The molecular formula is C20H24FN3O2. The van der Waals surface area contributed by atoms with Gasteiger partial charge in [-0.2, -0.15) is 0 Å². The van der Waals surface area contributed by atoms with Crippen molar-refractivity contribution >= 4 is 5.91 Å². The summed E-state index contributed by atoms with van der Waals surface area (Å²) in [6.07, 6.45) is 6.43. The molecule has 0 spiro atoms. The quantitative estimate of drug-likeness (QED) is 0.890. The van der Waals surface area contributed by atoms with Crippen molar-refractivity contribution in [2.24, 2.45) is 0 Å². The first-order chi connectivity index (χ1) is 12.7. The smallest absolute Gasteiger partial charge is 0.240 e. The second-order valence-corrected chi connectivity index (χ2v) is 7.30. The first-order valence-corrected chi connectivity index (χ1v) is 9.42. The summed E-state index contributed by atoms with van der Waals surface area (Å²) in [6.45, 7) is 2.33. The van der Waals surface area contributed by atoms with Crippen LogP contribution in [-0.2, 0) is 11.3 Å². The van der Waals surface area contributed by atoms with Crippen LogP contribution in [0.1, 0.15) is 44.3 Å². The minimum absolute atomic E-state index is 0.0978. The van der Waals surface area contributed by atoms with Crippen LogP contribution in [0.3, 0.4) is 0 Å². The van der Waals surface area contributed by atoms with Gasteiger partial charge in [-0.1, -0.05) is 30.1 Å². The van der Waals surface area contributed by atoms with Crippen molar-refractivity contribution in [2.75, 3.05) is 13.1 Å². The SMILES string of the molecule is O=C(NCc1cc(-c2cccc(F)c2)no1)C1(N2CCCC2)CCCC1. The average molecular weight is 357 g/mol. The van der Waals surface area contributed by atoms with Crippen molar-refractivity contribution in [3.05, 3.63) is 41.9 Å². The third kappa shape index (κ3) is 3.26. The summed E-state index contributed by atoms with van der Waals surface area (Å²) in [4.78, 5) is 15.4. The number of nitrogens with zero attached hydrogens (tertiary/aromatic N) is 2. The molecule has 1 aromatic carbocycles. The van der Waals surface area contributed by atoms with E-state index in [2.05, 4.69) is 15.4 Å². The lowest BCUT2D eigenvalue weighted by atomic mass is 9.94. The Labute approximate surface area is 152 Å². The Hall–Kier alpha value is -2.21. The summed E-state index contributed by atoms with van der Waals surface area (Å²) >= 11 is 0. The van der Waals surface area contributed by atoms with Gasteiger partial charge in [0.15, 0.2) is 5.76 Å². The first-order valence-electron chi connectivity index (χ1n) is 9.42. The molecule has 1 saturated carbocycles. The van der Waals surface area contributed by atoms with Gasteiger partial charge in [-0.05, 0) is 50.9 Å². The van der Waals surface area contributed by atoms with Gasteiger partial charge >= 0.3 is 0 Å². The van der Waals surface area contributed by atoms with Crippen molar-refractivity contribution in [2.45, 2.75) is 50.6 Å². The van der Waals surface area contributed by atoms with Gasteiger partial charge in [0.05, 0.1) is 6.54 Å². The summed E-state index contributed by atoms with van der Waals surface area (Å²) in [5, 5.41) is 7.04. The van der Waals surface area contributed by atoms with Crippen molar-refractivity contribution < 1.29 is 13.7 Å². The van der Waals surface area contributed by atoms with E-state index in [-0.39, 0.29) is 17.3 Å². The summed E-state index contributed by atoms with van der Waals surface area (Å²) in [6, 6.07) is 7.99. The number of aromatic nitrogens is 1. The fourth-order valence-corrected chi connectivity index (χ4v) is 4.30. The lowest BCUT2D eigenvalue weighted by Crippen LogP contribution is -2.56. The monoisotopic (exact) mass is 357 g/mol. The summed E-state index contributed by atoms with van der Waals surface area (Å²) < 4.78 is 18.7. The Morgan fingerprint density at radius 2 is 1.96 bits per heavy atom. The van der Waals surface area contributed by atoms with Crippen LogP contribution in [-0.4, -0.2) is 34.6 Å². The van der Waals surface area contributed by atoms with Crippen LogP contribution in [0, 0.1) is 5.82 Å². The van der Waals surface area contributed by atoms with Crippen molar-refractivity contribution in [1.82, 2.24) is 15.4 Å². The molecule has 1 amide bonds. The Morgan fingerprint density at radius 3 is 2.69 bits per heavy atom. The van der Waals surface area contributed by atoms with Crippen LogP contribution in [0.25, 0.3) is 11.3 Å². The van der Waals surface area contributed by atoms with Gasteiger partial charge < -0.3 is 9.84 Å². The molecule has 2 fully saturated rings. The molecule has 138 valence electrons. The average Bonchev–Trinajstić information content (AvgIpc) is 3.41. The minimum atomic E-state index is -0.345. The number of likely N-dealkylation sites (tertiary alicyclic amines) is 1. The van der Waals surface area contributed by atoms with E-state index in [0.717, 1.165) is 38.8 Å². The predicted molar refractivity (Wildman–Crippen MR) is 95.7 cm³/mol. The maximum absolute atomic E-state index is 13.4. The van der Waals surface area contributed by atoms with E-state index in [1.807, 2.05) is 0 Å². The van der Waals surface area contributed by atoms with Crippen LogP contribution >= 0.6 is 0 Å². The van der Waals surface area contributed by atoms with Gasteiger partial charge in [-0.25, -0.2) is 4.39 Å². The molecule has 1 aliphatic heterocycles. The lowest BCUT2D eigenvalue weighted by molar-refractivity contribution is -0.133. The van der Waals surface area contributed by atoms with E-state index in [1.165, 1.54) is 25.0 Å². The first kappa shape index (κ1) is 17.2. The molecule has 1 aliphatic carbocycles. The van der Waals surface area contributed by atoms with Crippen LogP contribution in [0.5, 0.6) is 0 Å². The van der Waals surface area contributed by atoms with Crippen LogP contribution in [0.15, 0.2) is 34.9 Å². The second-order valence-electron chi connectivity index (χ2n) is 7.30. The number of hydrogen-bond donors (Lipinski definition) is 1. The fraction of sp³-hybridized carbons (Fsp3) is 0.500. The van der Waals surface area contributed by atoms with E-state index in [0.29, 0.717) is 23.6 Å². The maximum Gasteiger partial charge on any atom is 0.240 e. The van der Waals surface area contributed by atoms with E-state index >= 15 is 0 Å². The molecule has 26 heavy (non-hydrogen) atoms. The zero-order chi connectivity index (χ0) is 18.0. The van der Waals surface area contributed by atoms with Crippen molar-refractivity contribution in [1.29, 1.82) is 0 Å². The molecule has 4 rings (SSSR count). The largest absolute Gasteiger partial charge is 0.359 e. The van der Waals surface area contributed by atoms with Crippen molar-refractivity contribution in [3.63, 3.8) is 0 Å². The molecule has 2 heterocycles. The normalized spacial score (nSPS) is 19.7.